The van der Waals surface area contributed by atoms with Crippen molar-refractivity contribution < 1.29 is 8.42 Å². The predicted octanol–water partition coefficient (Wildman–Crippen LogP) is 2.11. The second kappa shape index (κ2) is 7.74. The van der Waals surface area contributed by atoms with Gasteiger partial charge in [0, 0.05) is 18.3 Å². The fraction of sp³-hybridized carbons (Fsp3) is 0.611. The molecule has 3 rings (SSSR count). The Morgan fingerprint density at radius 3 is 2.88 bits per heavy atom. The number of aryl methyl sites for hydroxylation is 1. The second-order valence-corrected chi connectivity index (χ2v) is 8.96. The van der Waals surface area contributed by atoms with E-state index in [-0.39, 0.29) is 6.04 Å². The second-order valence-electron chi connectivity index (χ2n) is 7.02. The first-order valence-electron chi connectivity index (χ1n) is 9.09. The van der Waals surface area contributed by atoms with E-state index >= 15 is 0 Å². The molecule has 2 aliphatic rings. The highest BCUT2D eigenvalue weighted by Gasteiger charge is 2.29. The molecule has 1 aromatic carbocycles. The fourth-order valence-electron chi connectivity index (χ4n) is 3.87. The van der Waals surface area contributed by atoms with Gasteiger partial charge in [-0.15, -0.1) is 0 Å². The minimum Gasteiger partial charge on any atom is -0.370 e. The summed E-state index contributed by atoms with van der Waals surface area (Å²) >= 11 is 0. The number of fused-ring (bicyclic) bond motifs is 1. The van der Waals surface area contributed by atoms with Crippen LogP contribution in [-0.4, -0.2) is 44.1 Å². The first-order valence-corrected chi connectivity index (χ1v) is 10.9. The van der Waals surface area contributed by atoms with Crippen LogP contribution < -0.4 is 11.1 Å². The molecule has 0 saturated carbocycles. The SMILES string of the molecule is CS(=O)(=O)N1CCCCC1CN=C(N)Nc1cccc2c1CCCC2. The highest BCUT2D eigenvalue weighted by Crippen LogP contribution is 2.27. The van der Waals surface area contributed by atoms with Gasteiger partial charge in [-0.3, -0.25) is 4.99 Å². The normalized spacial score (nSPS) is 22.4. The van der Waals surface area contributed by atoms with Crippen LogP contribution in [0.4, 0.5) is 5.69 Å². The fourth-order valence-corrected chi connectivity index (χ4v) is 5.05. The van der Waals surface area contributed by atoms with Gasteiger partial charge < -0.3 is 11.1 Å². The summed E-state index contributed by atoms with van der Waals surface area (Å²) in [5.74, 6) is 0.359. The van der Waals surface area contributed by atoms with Crippen molar-refractivity contribution in [1.29, 1.82) is 0 Å². The number of piperidine rings is 1. The molecule has 0 spiro atoms. The van der Waals surface area contributed by atoms with Crippen LogP contribution in [-0.2, 0) is 22.9 Å². The van der Waals surface area contributed by atoms with E-state index in [1.165, 1.54) is 30.2 Å². The Morgan fingerprint density at radius 2 is 2.08 bits per heavy atom. The molecule has 1 heterocycles. The molecular formula is C18H28N4O2S. The van der Waals surface area contributed by atoms with E-state index in [0.717, 1.165) is 37.8 Å². The van der Waals surface area contributed by atoms with E-state index in [2.05, 4.69) is 16.4 Å². The first-order chi connectivity index (χ1) is 11.9. The molecule has 0 amide bonds. The van der Waals surface area contributed by atoms with Crippen LogP contribution in [0.25, 0.3) is 0 Å². The summed E-state index contributed by atoms with van der Waals surface area (Å²) in [5, 5.41) is 3.22. The molecule has 1 saturated heterocycles. The molecule has 1 aliphatic carbocycles. The van der Waals surface area contributed by atoms with Crippen LogP contribution in [0.5, 0.6) is 0 Å². The predicted molar refractivity (Wildman–Crippen MR) is 102 cm³/mol. The molecule has 0 aromatic heterocycles. The van der Waals surface area contributed by atoms with Gasteiger partial charge in [-0.2, -0.15) is 4.31 Å². The minimum absolute atomic E-state index is 0.0891. The van der Waals surface area contributed by atoms with Crippen molar-refractivity contribution >= 4 is 21.7 Å². The summed E-state index contributed by atoms with van der Waals surface area (Å²) in [6.45, 7) is 0.986. The lowest BCUT2D eigenvalue weighted by Gasteiger charge is -2.32. The third kappa shape index (κ3) is 4.52. The highest BCUT2D eigenvalue weighted by atomic mass is 32.2. The number of anilines is 1. The Bertz CT molecular complexity index is 745. The third-order valence-electron chi connectivity index (χ3n) is 5.13. The van der Waals surface area contributed by atoms with Crippen LogP contribution in [0.15, 0.2) is 23.2 Å². The lowest BCUT2D eigenvalue weighted by Crippen LogP contribution is -2.45. The number of hydrogen-bond acceptors (Lipinski definition) is 3. The van der Waals surface area contributed by atoms with Crippen molar-refractivity contribution in [3.05, 3.63) is 29.3 Å². The zero-order valence-electron chi connectivity index (χ0n) is 14.9. The first kappa shape index (κ1) is 18.2. The number of nitrogens with two attached hydrogens (primary N) is 1. The van der Waals surface area contributed by atoms with Gasteiger partial charge in [-0.05, 0) is 55.7 Å². The molecular weight excluding hydrogens is 336 g/mol. The van der Waals surface area contributed by atoms with Gasteiger partial charge in [-0.25, -0.2) is 8.42 Å². The molecule has 1 atom stereocenters. The Hall–Kier alpha value is -1.60. The van der Waals surface area contributed by atoms with Gasteiger partial charge in [0.2, 0.25) is 10.0 Å². The van der Waals surface area contributed by atoms with Crippen LogP contribution in [0.3, 0.4) is 0 Å². The highest BCUT2D eigenvalue weighted by molar-refractivity contribution is 7.88. The van der Waals surface area contributed by atoms with E-state index in [1.54, 1.807) is 4.31 Å². The summed E-state index contributed by atoms with van der Waals surface area (Å²) in [5.41, 5.74) is 9.84. The standard InChI is InChI=1S/C18H28N4O2S/c1-25(23,24)22-12-5-4-9-15(22)13-20-18(19)21-17-11-6-8-14-7-2-3-10-16(14)17/h6,8,11,15H,2-5,7,9-10,12-13H2,1H3,(H3,19,20,21). The molecule has 1 unspecified atom stereocenters. The summed E-state index contributed by atoms with van der Waals surface area (Å²) < 4.78 is 25.4. The Morgan fingerprint density at radius 1 is 1.28 bits per heavy atom. The van der Waals surface area contributed by atoms with E-state index in [4.69, 9.17) is 5.73 Å². The zero-order valence-corrected chi connectivity index (χ0v) is 15.7. The molecule has 138 valence electrons. The van der Waals surface area contributed by atoms with Gasteiger partial charge in [0.25, 0.3) is 0 Å². The Kier molecular flexibility index (Phi) is 5.64. The number of benzene rings is 1. The van der Waals surface area contributed by atoms with Gasteiger partial charge in [0.15, 0.2) is 5.96 Å². The number of guanidine groups is 1. The molecule has 25 heavy (non-hydrogen) atoms. The van der Waals surface area contributed by atoms with Crippen LogP contribution in [0, 0.1) is 0 Å². The third-order valence-corrected chi connectivity index (χ3v) is 6.46. The van der Waals surface area contributed by atoms with Crippen molar-refractivity contribution in [2.24, 2.45) is 10.7 Å². The zero-order chi connectivity index (χ0) is 17.9. The molecule has 0 bridgehead atoms. The summed E-state index contributed by atoms with van der Waals surface area (Å²) in [6, 6.07) is 6.18. The maximum absolute atomic E-state index is 11.9. The topological polar surface area (TPSA) is 87.8 Å². The average Bonchev–Trinajstić information content (AvgIpc) is 2.60. The molecule has 6 nitrogen and oxygen atoms in total. The number of nitrogens with one attached hydrogen (secondary N) is 1. The summed E-state index contributed by atoms with van der Waals surface area (Å²) in [6.07, 6.45) is 8.68. The Labute approximate surface area is 150 Å². The maximum atomic E-state index is 11.9. The quantitative estimate of drug-likeness (QED) is 0.633. The number of nitrogens with zero attached hydrogens (tertiary/aromatic N) is 2. The average molecular weight is 365 g/mol. The van der Waals surface area contributed by atoms with E-state index in [1.807, 2.05) is 12.1 Å². The molecule has 1 aromatic rings. The molecule has 3 N–H and O–H groups in total. The lowest BCUT2D eigenvalue weighted by molar-refractivity contribution is 0.259. The molecule has 0 radical (unpaired) electrons. The van der Waals surface area contributed by atoms with Crippen molar-refractivity contribution in [2.45, 2.75) is 51.0 Å². The van der Waals surface area contributed by atoms with Gasteiger partial charge in [0.05, 0.1) is 12.8 Å². The number of hydrogen-bond donors (Lipinski definition) is 2. The minimum atomic E-state index is -3.19. The Balaban J connectivity index is 1.68. The smallest absolute Gasteiger partial charge is 0.211 e. The summed E-state index contributed by atoms with van der Waals surface area (Å²) in [7, 11) is -3.19. The van der Waals surface area contributed by atoms with Gasteiger partial charge >= 0.3 is 0 Å². The number of rotatable bonds is 4. The van der Waals surface area contributed by atoms with E-state index in [0.29, 0.717) is 19.0 Å². The van der Waals surface area contributed by atoms with Gasteiger partial charge in [-0.1, -0.05) is 18.6 Å². The van der Waals surface area contributed by atoms with Crippen molar-refractivity contribution in [3.63, 3.8) is 0 Å². The van der Waals surface area contributed by atoms with Crippen molar-refractivity contribution in [2.75, 3.05) is 24.7 Å². The largest absolute Gasteiger partial charge is 0.370 e. The number of sulfonamides is 1. The van der Waals surface area contributed by atoms with Crippen LogP contribution in [0.2, 0.25) is 0 Å². The van der Waals surface area contributed by atoms with E-state index < -0.39 is 10.0 Å². The lowest BCUT2D eigenvalue weighted by atomic mass is 9.90. The van der Waals surface area contributed by atoms with E-state index in [9.17, 15) is 8.42 Å². The molecule has 7 heteroatoms. The van der Waals surface area contributed by atoms with Crippen LogP contribution >= 0.6 is 0 Å². The van der Waals surface area contributed by atoms with Crippen molar-refractivity contribution in [1.82, 2.24) is 4.31 Å². The van der Waals surface area contributed by atoms with Crippen LogP contribution in [0.1, 0.15) is 43.2 Å². The monoisotopic (exact) mass is 364 g/mol. The number of aliphatic imine (C=N–C) groups is 1. The molecule has 1 aliphatic heterocycles. The maximum Gasteiger partial charge on any atom is 0.211 e. The molecule has 1 fully saturated rings. The van der Waals surface area contributed by atoms with Gasteiger partial charge in [0.1, 0.15) is 0 Å². The summed E-state index contributed by atoms with van der Waals surface area (Å²) in [4.78, 5) is 4.43. The van der Waals surface area contributed by atoms with Crippen molar-refractivity contribution in [3.8, 4) is 0 Å².